The Morgan fingerprint density at radius 2 is 1.83 bits per heavy atom. The van der Waals surface area contributed by atoms with E-state index in [-0.39, 0.29) is 17.2 Å². The third-order valence-corrected chi connectivity index (χ3v) is 4.88. The van der Waals surface area contributed by atoms with E-state index in [4.69, 9.17) is 0 Å². The molecule has 29 heavy (non-hydrogen) atoms. The van der Waals surface area contributed by atoms with Crippen molar-refractivity contribution >= 4 is 29.3 Å². The third-order valence-electron chi connectivity index (χ3n) is 4.32. The number of H-pyrrole nitrogens is 1. The number of carbonyl (C=O) groups is 2. The van der Waals surface area contributed by atoms with Crippen molar-refractivity contribution in [1.29, 1.82) is 0 Å². The topological polar surface area (TPSA) is 107 Å². The highest BCUT2D eigenvalue weighted by Crippen LogP contribution is 2.11. The lowest BCUT2D eigenvalue weighted by Gasteiger charge is -2.17. The molecule has 0 saturated carbocycles. The van der Waals surface area contributed by atoms with Crippen LogP contribution in [0.2, 0.25) is 0 Å². The van der Waals surface area contributed by atoms with E-state index in [0.29, 0.717) is 29.4 Å². The molecule has 0 aliphatic heterocycles. The summed E-state index contributed by atoms with van der Waals surface area (Å²) in [6, 6.07) is 7.75. The second kappa shape index (κ2) is 11.4. The van der Waals surface area contributed by atoms with E-state index in [1.54, 1.807) is 24.3 Å². The number of nitrogens with zero attached hydrogens (tertiary/aromatic N) is 2. The first kappa shape index (κ1) is 22.6. The minimum atomic E-state index is -0.477. The van der Waals surface area contributed by atoms with E-state index in [2.05, 4.69) is 39.3 Å². The van der Waals surface area contributed by atoms with E-state index >= 15 is 0 Å². The van der Waals surface area contributed by atoms with Crippen LogP contribution in [0.1, 0.15) is 40.5 Å². The molecule has 1 aromatic carbocycles. The maximum atomic E-state index is 12.4. The summed E-state index contributed by atoms with van der Waals surface area (Å²) in [7, 11) is 0. The summed E-state index contributed by atoms with van der Waals surface area (Å²) in [4.78, 5) is 45.3. The molecule has 0 bridgehead atoms. The van der Waals surface area contributed by atoms with Crippen LogP contribution in [0.5, 0.6) is 0 Å². The third kappa shape index (κ3) is 7.03. The van der Waals surface area contributed by atoms with Crippen molar-refractivity contribution in [3.63, 3.8) is 0 Å². The Hall–Kier alpha value is -2.65. The Balaban J connectivity index is 1.95. The quantitative estimate of drug-likeness (QED) is 0.546. The van der Waals surface area contributed by atoms with E-state index in [0.717, 1.165) is 25.7 Å². The van der Waals surface area contributed by atoms with Crippen molar-refractivity contribution in [2.45, 2.75) is 19.6 Å². The lowest BCUT2D eigenvalue weighted by Crippen LogP contribution is -2.34. The number of aromatic nitrogens is 2. The first-order valence-electron chi connectivity index (χ1n) is 9.48. The van der Waals surface area contributed by atoms with Crippen LogP contribution in [0.4, 0.5) is 5.69 Å². The molecular formula is C20H27N5O3S. The summed E-state index contributed by atoms with van der Waals surface area (Å²) in [6.45, 7) is 7.44. The Bertz CT molecular complexity index is 878. The van der Waals surface area contributed by atoms with Gasteiger partial charge in [-0.3, -0.25) is 14.4 Å². The molecule has 8 nitrogen and oxygen atoms in total. The van der Waals surface area contributed by atoms with Crippen molar-refractivity contribution in [3.05, 3.63) is 57.8 Å². The van der Waals surface area contributed by atoms with Gasteiger partial charge < -0.3 is 20.5 Å². The maximum absolute atomic E-state index is 12.4. The minimum Gasteiger partial charge on any atom is -0.351 e. The Morgan fingerprint density at radius 1 is 1.14 bits per heavy atom. The predicted octanol–water partition coefficient (Wildman–Crippen LogP) is 1.96. The van der Waals surface area contributed by atoms with Crippen molar-refractivity contribution in [2.24, 2.45) is 0 Å². The Labute approximate surface area is 174 Å². The molecule has 156 valence electrons. The molecular weight excluding hydrogens is 390 g/mol. The molecule has 3 N–H and O–H groups in total. The molecule has 1 aromatic heterocycles. The zero-order valence-electron chi connectivity index (χ0n) is 16.9. The van der Waals surface area contributed by atoms with Gasteiger partial charge in [-0.15, -0.1) is 0 Å². The van der Waals surface area contributed by atoms with Gasteiger partial charge in [0, 0.05) is 30.4 Å². The minimum absolute atomic E-state index is 0.0519. The zero-order valence-corrected chi connectivity index (χ0v) is 17.8. The van der Waals surface area contributed by atoms with Crippen LogP contribution < -0.4 is 16.2 Å². The predicted molar refractivity (Wildman–Crippen MR) is 117 cm³/mol. The van der Waals surface area contributed by atoms with Crippen LogP contribution >= 0.6 is 11.8 Å². The fourth-order valence-corrected chi connectivity index (χ4v) is 3.11. The van der Waals surface area contributed by atoms with Gasteiger partial charge in [0.25, 0.3) is 17.4 Å². The first-order valence-corrected chi connectivity index (χ1v) is 10.9. The van der Waals surface area contributed by atoms with Crippen molar-refractivity contribution in [1.82, 2.24) is 20.2 Å². The van der Waals surface area contributed by atoms with Crippen LogP contribution in [0, 0.1) is 0 Å². The van der Waals surface area contributed by atoms with E-state index < -0.39 is 5.91 Å². The largest absolute Gasteiger partial charge is 0.351 e. The van der Waals surface area contributed by atoms with Gasteiger partial charge in [0.05, 0.1) is 5.75 Å². The molecule has 0 aliphatic carbocycles. The van der Waals surface area contributed by atoms with Gasteiger partial charge in [-0.25, -0.2) is 4.98 Å². The SMILES string of the molecule is CCN(CC)CCNC(=O)c1ccc(NC(=O)c2cc(=O)[nH]c(CSC)n2)cc1. The summed E-state index contributed by atoms with van der Waals surface area (Å²) in [5.41, 5.74) is 0.712. The monoisotopic (exact) mass is 417 g/mol. The molecule has 1 heterocycles. The van der Waals surface area contributed by atoms with Gasteiger partial charge in [0.1, 0.15) is 11.5 Å². The number of hydrogen-bond donors (Lipinski definition) is 3. The van der Waals surface area contributed by atoms with Crippen LogP contribution in [0.25, 0.3) is 0 Å². The van der Waals surface area contributed by atoms with Gasteiger partial charge in [0.2, 0.25) is 0 Å². The number of carbonyl (C=O) groups excluding carboxylic acids is 2. The number of thioether (sulfide) groups is 1. The van der Waals surface area contributed by atoms with Gasteiger partial charge in [-0.05, 0) is 43.6 Å². The number of nitrogens with one attached hydrogen (secondary N) is 3. The number of anilines is 1. The molecule has 2 aromatic rings. The summed E-state index contributed by atoms with van der Waals surface area (Å²) in [5.74, 6) is 0.323. The molecule has 0 fully saturated rings. The van der Waals surface area contributed by atoms with Crippen molar-refractivity contribution in [2.75, 3.05) is 37.8 Å². The number of likely N-dealkylation sites (N-methyl/N-ethyl adjacent to an activating group) is 1. The lowest BCUT2D eigenvalue weighted by molar-refractivity contribution is 0.0948. The number of hydrogen-bond acceptors (Lipinski definition) is 6. The van der Waals surface area contributed by atoms with Crippen molar-refractivity contribution in [3.8, 4) is 0 Å². The van der Waals surface area contributed by atoms with E-state index in [1.165, 1.54) is 11.8 Å². The maximum Gasteiger partial charge on any atom is 0.274 e. The number of rotatable bonds is 10. The van der Waals surface area contributed by atoms with E-state index in [9.17, 15) is 14.4 Å². The number of benzene rings is 1. The summed E-state index contributed by atoms with van der Waals surface area (Å²) in [5, 5.41) is 5.59. The Morgan fingerprint density at radius 3 is 2.45 bits per heavy atom. The molecule has 0 aliphatic rings. The molecule has 0 radical (unpaired) electrons. The van der Waals surface area contributed by atoms with Gasteiger partial charge in [-0.2, -0.15) is 11.8 Å². The highest BCUT2D eigenvalue weighted by molar-refractivity contribution is 7.97. The molecule has 2 rings (SSSR count). The number of amides is 2. The Kier molecular flexibility index (Phi) is 8.88. The van der Waals surface area contributed by atoms with Crippen LogP contribution in [-0.4, -0.2) is 59.1 Å². The fraction of sp³-hybridized carbons (Fsp3) is 0.400. The summed E-state index contributed by atoms with van der Waals surface area (Å²) in [6.07, 6.45) is 1.88. The molecule has 0 unspecified atom stereocenters. The van der Waals surface area contributed by atoms with Crippen LogP contribution in [-0.2, 0) is 5.75 Å². The summed E-state index contributed by atoms with van der Waals surface area (Å²) >= 11 is 1.50. The standard InChI is InChI=1S/C20H27N5O3S/c1-4-25(5-2)11-10-21-19(27)14-6-8-15(9-7-14)22-20(28)16-12-18(26)24-17(23-16)13-29-3/h6-9,12H,4-5,10-11,13H2,1-3H3,(H,21,27)(H,22,28)(H,23,24,26). The molecule has 2 amide bonds. The highest BCUT2D eigenvalue weighted by atomic mass is 32.2. The van der Waals surface area contributed by atoms with Crippen LogP contribution in [0.3, 0.4) is 0 Å². The highest BCUT2D eigenvalue weighted by Gasteiger charge is 2.12. The van der Waals surface area contributed by atoms with Crippen LogP contribution in [0.15, 0.2) is 35.1 Å². The first-order chi connectivity index (χ1) is 14.0. The molecule has 0 spiro atoms. The fourth-order valence-electron chi connectivity index (χ4n) is 2.70. The average Bonchev–Trinajstić information content (AvgIpc) is 2.71. The van der Waals surface area contributed by atoms with Crippen molar-refractivity contribution < 1.29 is 9.59 Å². The molecule has 0 saturated heterocycles. The van der Waals surface area contributed by atoms with Gasteiger partial charge >= 0.3 is 0 Å². The van der Waals surface area contributed by atoms with Gasteiger partial charge in [-0.1, -0.05) is 13.8 Å². The normalized spacial score (nSPS) is 10.8. The lowest BCUT2D eigenvalue weighted by atomic mass is 10.2. The average molecular weight is 418 g/mol. The second-order valence-corrected chi connectivity index (χ2v) is 7.19. The molecule has 0 atom stereocenters. The van der Waals surface area contributed by atoms with E-state index in [1.807, 2.05) is 6.26 Å². The zero-order chi connectivity index (χ0) is 21.2. The van der Waals surface area contributed by atoms with Gasteiger partial charge in [0.15, 0.2) is 0 Å². The second-order valence-electron chi connectivity index (χ2n) is 6.32. The number of aromatic amines is 1. The molecule has 9 heteroatoms. The summed E-state index contributed by atoms with van der Waals surface area (Å²) < 4.78 is 0. The smallest absolute Gasteiger partial charge is 0.274 e.